The molecule has 1 saturated heterocycles. The Morgan fingerprint density at radius 2 is 1.89 bits per heavy atom. The quantitative estimate of drug-likeness (QED) is 0.548. The Morgan fingerprint density at radius 1 is 1.11 bits per heavy atom. The third-order valence-corrected chi connectivity index (χ3v) is 8.90. The normalized spacial score (nSPS) is 20.5. The number of imide groups is 1. The van der Waals surface area contributed by atoms with Crippen molar-refractivity contribution in [2.24, 2.45) is 0 Å². The second-order valence-electron chi connectivity index (χ2n) is 9.30. The fourth-order valence-corrected chi connectivity index (χ4v) is 6.18. The summed E-state index contributed by atoms with van der Waals surface area (Å²) >= 11 is 0. The molecule has 1 N–H and O–H groups in total. The lowest BCUT2D eigenvalue weighted by Gasteiger charge is -2.27. The molecule has 3 amide bonds. The smallest absolute Gasteiger partial charge is 0.325 e. The number of sulfonamides is 1. The number of imidazole rings is 1. The van der Waals surface area contributed by atoms with Crippen LogP contribution in [-0.2, 0) is 39.9 Å². The zero-order valence-corrected chi connectivity index (χ0v) is 20.9. The van der Waals surface area contributed by atoms with E-state index in [-0.39, 0.29) is 17.3 Å². The minimum Gasteiger partial charge on any atom is -0.327 e. The first-order valence-corrected chi connectivity index (χ1v) is 13.3. The van der Waals surface area contributed by atoms with Gasteiger partial charge in [0.2, 0.25) is 10.0 Å². The minimum absolute atomic E-state index is 0.00681. The van der Waals surface area contributed by atoms with E-state index >= 15 is 0 Å². The molecule has 2 aliphatic rings. The topological polar surface area (TPSA) is 105 Å². The highest BCUT2D eigenvalue weighted by Crippen LogP contribution is 2.39. The van der Waals surface area contributed by atoms with Gasteiger partial charge in [0.05, 0.1) is 22.5 Å². The highest BCUT2D eigenvalue weighted by Gasteiger charge is 2.53. The van der Waals surface area contributed by atoms with Crippen molar-refractivity contribution in [3.63, 3.8) is 0 Å². The summed E-state index contributed by atoms with van der Waals surface area (Å²) in [7, 11) is -0.652. The van der Waals surface area contributed by atoms with Crippen molar-refractivity contribution in [2.45, 2.75) is 56.1 Å². The van der Waals surface area contributed by atoms with Crippen LogP contribution in [0.5, 0.6) is 0 Å². The summed E-state index contributed by atoms with van der Waals surface area (Å²) in [5.41, 5.74) is 2.17. The molecule has 0 saturated carbocycles. The maximum atomic E-state index is 13.8. The van der Waals surface area contributed by atoms with Gasteiger partial charge in [0.1, 0.15) is 11.4 Å². The van der Waals surface area contributed by atoms with Gasteiger partial charge >= 0.3 is 6.03 Å². The van der Waals surface area contributed by atoms with Crippen LogP contribution in [0.15, 0.2) is 47.4 Å². The summed E-state index contributed by atoms with van der Waals surface area (Å²) in [6.07, 6.45) is 3.24. The number of hydrogen-bond donors (Lipinski definition) is 1. The van der Waals surface area contributed by atoms with Crippen LogP contribution in [0.3, 0.4) is 0 Å². The van der Waals surface area contributed by atoms with Crippen LogP contribution in [-0.4, -0.2) is 53.2 Å². The molecule has 2 aromatic carbocycles. The number of rotatable bonds is 5. The van der Waals surface area contributed by atoms with Crippen molar-refractivity contribution >= 4 is 33.0 Å². The van der Waals surface area contributed by atoms with Gasteiger partial charge in [-0.05, 0) is 61.9 Å². The molecule has 5 rings (SSSR count). The van der Waals surface area contributed by atoms with Gasteiger partial charge in [0.15, 0.2) is 0 Å². The van der Waals surface area contributed by atoms with Gasteiger partial charge < -0.3 is 9.88 Å². The van der Waals surface area contributed by atoms with E-state index in [0.717, 1.165) is 40.2 Å². The van der Waals surface area contributed by atoms with Crippen molar-refractivity contribution in [3.05, 3.63) is 59.4 Å². The van der Waals surface area contributed by atoms with Crippen LogP contribution in [0, 0.1) is 0 Å². The Kier molecular flexibility index (Phi) is 5.68. The molecule has 1 atom stereocenters. The van der Waals surface area contributed by atoms with Gasteiger partial charge in [-0.3, -0.25) is 9.69 Å². The van der Waals surface area contributed by atoms with Crippen LogP contribution in [0.2, 0.25) is 0 Å². The molecule has 1 aromatic heterocycles. The average Bonchev–Trinajstić information content (AvgIpc) is 3.22. The lowest BCUT2D eigenvalue weighted by molar-refractivity contribution is -0.132. The van der Waals surface area contributed by atoms with E-state index in [1.54, 1.807) is 12.1 Å². The number of carbonyl (C=O) groups is 2. The fraction of sp³-hybridized carbons (Fsp3) is 0.400. The number of carbonyl (C=O) groups excluding carboxylic acids is 2. The van der Waals surface area contributed by atoms with Crippen molar-refractivity contribution in [1.82, 2.24) is 24.1 Å². The van der Waals surface area contributed by atoms with Gasteiger partial charge in [0.25, 0.3) is 5.91 Å². The zero-order chi connectivity index (χ0) is 25.0. The second-order valence-corrected chi connectivity index (χ2v) is 11.5. The molecule has 3 aromatic rings. The van der Waals surface area contributed by atoms with Crippen LogP contribution >= 0.6 is 0 Å². The summed E-state index contributed by atoms with van der Waals surface area (Å²) < 4.78 is 28.2. The highest BCUT2D eigenvalue weighted by atomic mass is 32.2. The molecule has 1 spiro atoms. The SMILES string of the molecule is CCn1c(CN2C(=O)NC3(CCCCc4ccccc43)C2=O)nc2cc(S(=O)(=O)N(C)C)ccc21. The van der Waals surface area contributed by atoms with Crippen molar-refractivity contribution < 1.29 is 18.0 Å². The standard InChI is InChI=1S/C25H29N5O4S/c1-4-29-21-13-12-18(35(33,34)28(2)3)15-20(21)26-22(29)16-30-23(31)25(27-24(30)32)14-8-7-10-17-9-5-6-11-19(17)25/h5-6,9,11-13,15H,4,7-8,10,14,16H2,1-3H3,(H,27,32). The van der Waals surface area contributed by atoms with E-state index in [0.29, 0.717) is 24.3 Å². The van der Waals surface area contributed by atoms with Crippen LogP contribution in [0.4, 0.5) is 4.79 Å². The molecule has 1 aliphatic heterocycles. The number of hydrogen-bond acceptors (Lipinski definition) is 5. The molecule has 0 radical (unpaired) electrons. The number of urea groups is 1. The van der Waals surface area contributed by atoms with E-state index in [2.05, 4.69) is 10.3 Å². The van der Waals surface area contributed by atoms with E-state index in [9.17, 15) is 18.0 Å². The molecule has 35 heavy (non-hydrogen) atoms. The Hall–Kier alpha value is -3.24. The number of amides is 3. The molecule has 184 valence electrons. The van der Waals surface area contributed by atoms with E-state index in [1.807, 2.05) is 35.8 Å². The zero-order valence-electron chi connectivity index (χ0n) is 20.1. The van der Waals surface area contributed by atoms with Gasteiger partial charge in [-0.2, -0.15) is 0 Å². The van der Waals surface area contributed by atoms with Crippen LogP contribution < -0.4 is 5.32 Å². The summed E-state index contributed by atoms with van der Waals surface area (Å²) in [6.45, 7) is 2.51. The maximum Gasteiger partial charge on any atom is 0.325 e. The summed E-state index contributed by atoms with van der Waals surface area (Å²) in [4.78, 5) is 33.0. The Balaban J connectivity index is 1.53. The third kappa shape index (κ3) is 3.63. The summed E-state index contributed by atoms with van der Waals surface area (Å²) in [6, 6.07) is 12.2. The molecule has 1 unspecified atom stereocenters. The van der Waals surface area contributed by atoms with E-state index in [4.69, 9.17) is 0 Å². The number of fused-ring (bicyclic) bond motifs is 3. The summed E-state index contributed by atoms with van der Waals surface area (Å²) in [5, 5.41) is 3.01. The molecular weight excluding hydrogens is 466 g/mol. The van der Waals surface area contributed by atoms with Crippen molar-refractivity contribution in [1.29, 1.82) is 0 Å². The van der Waals surface area contributed by atoms with Crippen molar-refractivity contribution in [3.8, 4) is 0 Å². The predicted molar refractivity (Wildman–Crippen MR) is 131 cm³/mol. The van der Waals surface area contributed by atoms with E-state index < -0.39 is 21.6 Å². The van der Waals surface area contributed by atoms with Gasteiger partial charge in [0, 0.05) is 20.6 Å². The van der Waals surface area contributed by atoms with Gasteiger partial charge in [-0.1, -0.05) is 24.3 Å². The number of aromatic nitrogens is 2. The second kappa shape index (κ2) is 8.46. The molecule has 0 bridgehead atoms. The van der Waals surface area contributed by atoms with Gasteiger partial charge in [-0.25, -0.2) is 22.5 Å². The number of nitrogens with zero attached hydrogens (tertiary/aromatic N) is 4. The Bertz CT molecular complexity index is 1450. The molecule has 2 heterocycles. The van der Waals surface area contributed by atoms with E-state index in [1.165, 1.54) is 25.1 Å². The minimum atomic E-state index is -3.61. The molecule has 9 nitrogen and oxygen atoms in total. The lowest BCUT2D eigenvalue weighted by atomic mass is 9.84. The Morgan fingerprint density at radius 3 is 2.63 bits per heavy atom. The number of nitrogens with one attached hydrogen (secondary N) is 1. The molecular formula is C25H29N5O4S. The first-order chi connectivity index (χ1) is 16.7. The highest BCUT2D eigenvalue weighted by molar-refractivity contribution is 7.89. The average molecular weight is 496 g/mol. The largest absolute Gasteiger partial charge is 0.327 e. The van der Waals surface area contributed by atoms with Crippen LogP contribution in [0.25, 0.3) is 11.0 Å². The first-order valence-electron chi connectivity index (χ1n) is 11.8. The monoisotopic (exact) mass is 495 g/mol. The number of benzene rings is 2. The first kappa shape index (κ1) is 23.5. The summed E-state index contributed by atoms with van der Waals surface area (Å²) in [5.74, 6) is 0.270. The molecule has 1 aliphatic carbocycles. The Labute approximate surface area is 204 Å². The molecule has 10 heteroatoms. The lowest BCUT2D eigenvalue weighted by Crippen LogP contribution is -2.44. The third-order valence-electron chi connectivity index (χ3n) is 7.09. The van der Waals surface area contributed by atoms with Gasteiger partial charge in [-0.15, -0.1) is 0 Å². The number of aryl methyl sites for hydroxylation is 2. The fourth-order valence-electron chi connectivity index (χ4n) is 5.26. The van der Waals surface area contributed by atoms with Crippen LogP contribution in [0.1, 0.15) is 43.1 Å². The maximum absolute atomic E-state index is 13.8. The molecule has 1 fully saturated rings. The predicted octanol–water partition coefficient (Wildman–Crippen LogP) is 2.98. The van der Waals surface area contributed by atoms with Crippen molar-refractivity contribution in [2.75, 3.05) is 14.1 Å².